The molecule has 2 aromatic carbocycles. The third kappa shape index (κ3) is 4.69. The van der Waals surface area contributed by atoms with Crippen molar-refractivity contribution in [1.82, 2.24) is 14.5 Å². The molecule has 0 bridgehead atoms. The average Bonchev–Trinajstić information content (AvgIpc) is 2.81. The maximum absolute atomic E-state index is 13.4. The second-order valence-electron chi connectivity index (χ2n) is 7.16. The Balaban J connectivity index is 1.66. The van der Waals surface area contributed by atoms with Crippen LogP contribution in [-0.2, 0) is 13.5 Å². The van der Waals surface area contributed by atoms with E-state index in [2.05, 4.69) is 22.1 Å². The summed E-state index contributed by atoms with van der Waals surface area (Å²) in [7, 11) is 1.63. The Morgan fingerprint density at radius 2 is 1.65 bits per heavy atom. The summed E-state index contributed by atoms with van der Waals surface area (Å²) in [5.41, 5.74) is 3.18. The number of nitrogens with zero attached hydrogens (tertiary/aromatic N) is 3. The van der Waals surface area contributed by atoms with Gasteiger partial charge in [0.2, 0.25) is 0 Å². The summed E-state index contributed by atoms with van der Waals surface area (Å²) in [6.07, 6.45) is 4.95. The van der Waals surface area contributed by atoms with Crippen LogP contribution in [0.25, 0.3) is 22.4 Å². The monoisotopic (exact) mass is 415 g/mol. The zero-order valence-electron chi connectivity index (χ0n) is 17.2. The van der Waals surface area contributed by atoms with Gasteiger partial charge in [-0.2, -0.15) is 4.98 Å². The van der Waals surface area contributed by atoms with Gasteiger partial charge in [0, 0.05) is 25.0 Å². The number of halogens is 1. The minimum atomic E-state index is -0.364. The molecule has 2 aromatic heterocycles. The predicted molar refractivity (Wildman–Crippen MR) is 118 cm³/mol. The lowest BCUT2D eigenvalue weighted by Crippen LogP contribution is -2.23. The molecule has 4 rings (SSSR count). The number of aryl methyl sites for hydroxylation is 1. The molecule has 0 amide bonds. The number of rotatable bonds is 7. The summed E-state index contributed by atoms with van der Waals surface area (Å²) in [6, 6.07) is 19.8. The molecule has 0 saturated carbocycles. The van der Waals surface area contributed by atoms with Gasteiger partial charge in [0.1, 0.15) is 5.82 Å². The molecular weight excluding hydrogens is 393 g/mol. The highest BCUT2D eigenvalue weighted by molar-refractivity contribution is 5.80. The maximum atomic E-state index is 13.4. The van der Waals surface area contributed by atoms with Crippen molar-refractivity contribution in [3.05, 3.63) is 101 Å². The molecule has 0 fully saturated rings. The number of benzene rings is 2. The first-order chi connectivity index (χ1) is 15.1. The first-order valence-corrected chi connectivity index (χ1v) is 10.1. The number of hydrogen-bond donors (Lipinski definition) is 0. The van der Waals surface area contributed by atoms with Gasteiger partial charge in [0.05, 0.1) is 17.9 Å². The molecule has 0 spiro atoms. The molecule has 31 heavy (non-hydrogen) atoms. The van der Waals surface area contributed by atoms with Gasteiger partial charge in [-0.1, -0.05) is 42.5 Å². The van der Waals surface area contributed by atoms with Crippen molar-refractivity contribution in [3.63, 3.8) is 0 Å². The van der Waals surface area contributed by atoms with Crippen molar-refractivity contribution in [2.24, 2.45) is 7.05 Å². The van der Waals surface area contributed by atoms with Gasteiger partial charge < -0.3 is 4.74 Å². The van der Waals surface area contributed by atoms with Gasteiger partial charge in [0.15, 0.2) is 0 Å². The Bertz CT molecular complexity index is 1210. The second-order valence-corrected chi connectivity index (χ2v) is 7.16. The lowest BCUT2D eigenvalue weighted by Gasteiger charge is -2.15. The lowest BCUT2D eigenvalue weighted by atomic mass is 10.0. The summed E-state index contributed by atoms with van der Waals surface area (Å²) < 4.78 is 20.7. The van der Waals surface area contributed by atoms with E-state index in [0.29, 0.717) is 23.4 Å². The first-order valence-electron chi connectivity index (χ1n) is 10.1. The molecule has 0 unspecified atom stereocenters. The molecule has 0 aliphatic rings. The molecule has 0 saturated heterocycles. The van der Waals surface area contributed by atoms with Crippen LogP contribution in [0, 0.1) is 5.82 Å². The molecular formula is C25H22FN3O2. The molecule has 0 radical (unpaired) electrons. The van der Waals surface area contributed by atoms with Crippen LogP contribution in [0.5, 0.6) is 6.01 Å². The summed E-state index contributed by atoms with van der Waals surface area (Å²) in [5, 5.41) is 0. The van der Waals surface area contributed by atoms with E-state index in [1.165, 1.54) is 22.3 Å². The summed E-state index contributed by atoms with van der Waals surface area (Å²) in [4.78, 5) is 22.0. The quantitative estimate of drug-likeness (QED) is 0.412. The van der Waals surface area contributed by atoms with Crippen molar-refractivity contribution < 1.29 is 9.13 Å². The van der Waals surface area contributed by atoms with Crippen LogP contribution in [0.4, 0.5) is 4.39 Å². The van der Waals surface area contributed by atoms with Crippen molar-refractivity contribution in [2.45, 2.75) is 12.8 Å². The average molecular weight is 415 g/mol. The van der Waals surface area contributed by atoms with Crippen molar-refractivity contribution in [2.75, 3.05) is 6.61 Å². The molecule has 5 nitrogen and oxygen atoms in total. The van der Waals surface area contributed by atoms with E-state index in [1.54, 1.807) is 43.7 Å². The molecule has 0 aliphatic carbocycles. The van der Waals surface area contributed by atoms with Crippen LogP contribution in [0.15, 0.2) is 83.9 Å². The lowest BCUT2D eigenvalue weighted by molar-refractivity contribution is 0.272. The fourth-order valence-corrected chi connectivity index (χ4v) is 3.39. The van der Waals surface area contributed by atoms with Gasteiger partial charge in [-0.15, -0.1) is 0 Å². The maximum Gasteiger partial charge on any atom is 0.299 e. The highest BCUT2D eigenvalue weighted by Gasteiger charge is 2.19. The van der Waals surface area contributed by atoms with Gasteiger partial charge in [-0.05, 0) is 48.2 Å². The zero-order chi connectivity index (χ0) is 21.6. The molecule has 0 aliphatic heterocycles. The van der Waals surface area contributed by atoms with E-state index in [9.17, 15) is 9.18 Å². The topological polar surface area (TPSA) is 57.0 Å². The van der Waals surface area contributed by atoms with Crippen LogP contribution < -0.4 is 10.3 Å². The van der Waals surface area contributed by atoms with Crippen molar-refractivity contribution >= 4 is 0 Å². The van der Waals surface area contributed by atoms with Gasteiger partial charge in [-0.3, -0.25) is 14.3 Å². The molecule has 2 heterocycles. The highest BCUT2D eigenvalue weighted by atomic mass is 19.1. The van der Waals surface area contributed by atoms with Crippen LogP contribution in [0.3, 0.4) is 0 Å². The molecule has 156 valence electrons. The molecule has 0 atom stereocenters. The summed E-state index contributed by atoms with van der Waals surface area (Å²) in [5.74, 6) is -0.364. The fraction of sp³-hybridized carbons (Fsp3) is 0.160. The predicted octanol–water partition coefficient (Wildman–Crippen LogP) is 4.66. The summed E-state index contributed by atoms with van der Waals surface area (Å²) >= 11 is 0. The Kier molecular flexibility index (Phi) is 6.17. The molecule has 4 aromatic rings. The fourth-order valence-electron chi connectivity index (χ4n) is 3.39. The van der Waals surface area contributed by atoms with E-state index < -0.39 is 0 Å². The molecule has 0 N–H and O–H groups in total. The van der Waals surface area contributed by atoms with E-state index in [4.69, 9.17) is 4.74 Å². The Hall–Kier alpha value is -3.80. The Labute approximate surface area is 179 Å². The zero-order valence-corrected chi connectivity index (χ0v) is 17.2. The largest absolute Gasteiger partial charge is 0.465 e. The minimum Gasteiger partial charge on any atom is -0.465 e. The van der Waals surface area contributed by atoms with Crippen LogP contribution in [-0.4, -0.2) is 21.1 Å². The Morgan fingerprint density at radius 3 is 2.35 bits per heavy atom. The van der Waals surface area contributed by atoms with Gasteiger partial charge in [-0.25, -0.2) is 4.39 Å². The first kappa shape index (κ1) is 20.5. The Morgan fingerprint density at radius 1 is 0.935 bits per heavy atom. The SMILES string of the molecule is Cn1c(OCCCc2ccccc2)nc(-c2ccncc2)c(-c2ccc(F)cc2)c1=O. The smallest absolute Gasteiger partial charge is 0.299 e. The summed E-state index contributed by atoms with van der Waals surface area (Å²) in [6.45, 7) is 0.431. The van der Waals surface area contributed by atoms with Crippen LogP contribution in [0.2, 0.25) is 0 Å². The van der Waals surface area contributed by atoms with E-state index in [-0.39, 0.29) is 17.4 Å². The van der Waals surface area contributed by atoms with Gasteiger partial charge >= 0.3 is 0 Å². The minimum absolute atomic E-state index is 0.246. The number of aromatic nitrogens is 3. The standard InChI is InChI=1S/C25H22FN3O2/c1-29-24(30)22(19-9-11-21(26)12-10-19)23(20-13-15-27-16-14-20)28-25(29)31-17-5-8-18-6-3-2-4-7-18/h2-4,6-7,9-16H,5,8,17H2,1H3. The number of ether oxygens (including phenoxy) is 1. The third-order valence-corrected chi connectivity index (χ3v) is 5.02. The number of hydrogen-bond acceptors (Lipinski definition) is 4. The number of pyridine rings is 1. The molecule has 6 heteroatoms. The van der Waals surface area contributed by atoms with E-state index >= 15 is 0 Å². The third-order valence-electron chi connectivity index (χ3n) is 5.02. The highest BCUT2D eigenvalue weighted by Crippen LogP contribution is 2.29. The normalized spacial score (nSPS) is 10.8. The van der Waals surface area contributed by atoms with Gasteiger partial charge in [0.25, 0.3) is 11.6 Å². The second kappa shape index (κ2) is 9.34. The van der Waals surface area contributed by atoms with Crippen molar-refractivity contribution in [1.29, 1.82) is 0 Å². The van der Waals surface area contributed by atoms with E-state index in [1.807, 2.05) is 18.2 Å². The van der Waals surface area contributed by atoms with Crippen LogP contribution >= 0.6 is 0 Å². The van der Waals surface area contributed by atoms with Crippen molar-refractivity contribution in [3.8, 4) is 28.4 Å². The van der Waals surface area contributed by atoms with Crippen LogP contribution in [0.1, 0.15) is 12.0 Å². The van der Waals surface area contributed by atoms with E-state index in [0.717, 1.165) is 18.4 Å².